The average Bonchev–Trinajstić information content (AvgIpc) is 2.46. The van der Waals surface area contributed by atoms with Crippen molar-refractivity contribution >= 4 is 43.5 Å². The van der Waals surface area contributed by atoms with Crippen LogP contribution in [0, 0.1) is 18.3 Å². The molecule has 2 aromatic carbocycles. The maximum Gasteiger partial charge on any atom is 0.262 e. The van der Waals surface area contributed by atoms with Gasteiger partial charge in [0.2, 0.25) is 0 Å². The van der Waals surface area contributed by atoms with Gasteiger partial charge < -0.3 is 10.1 Å². The number of halogens is 2. The Balaban J connectivity index is 2.04. The highest BCUT2D eigenvalue weighted by atomic mass is 79.9. The van der Waals surface area contributed by atoms with Crippen molar-refractivity contribution in [2.75, 3.05) is 11.9 Å². The Bertz CT molecular complexity index is 731. The van der Waals surface area contributed by atoms with E-state index in [9.17, 15) is 4.79 Å². The lowest BCUT2D eigenvalue weighted by molar-refractivity contribution is -0.118. The average molecular weight is 424 g/mol. The lowest BCUT2D eigenvalue weighted by atomic mass is 10.2. The van der Waals surface area contributed by atoms with E-state index in [2.05, 4.69) is 37.2 Å². The molecule has 0 unspecified atom stereocenters. The third-order valence-corrected chi connectivity index (χ3v) is 3.91. The lowest BCUT2D eigenvalue weighted by Gasteiger charge is -2.12. The van der Waals surface area contributed by atoms with Crippen LogP contribution in [0.3, 0.4) is 0 Å². The smallest absolute Gasteiger partial charge is 0.262 e. The molecule has 0 aliphatic carbocycles. The summed E-state index contributed by atoms with van der Waals surface area (Å²) < 4.78 is 7.26. The third-order valence-electron chi connectivity index (χ3n) is 2.86. The Kier molecular flexibility index (Phi) is 5.58. The molecule has 0 radical (unpaired) electrons. The summed E-state index contributed by atoms with van der Waals surface area (Å²) >= 11 is 6.80. The predicted molar refractivity (Wildman–Crippen MR) is 91.9 cm³/mol. The van der Waals surface area contributed by atoms with Gasteiger partial charge in [0.05, 0.1) is 15.7 Å². The summed E-state index contributed by atoms with van der Waals surface area (Å²) in [5.74, 6) is 0.295. The van der Waals surface area contributed by atoms with Crippen molar-refractivity contribution in [3.63, 3.8) is 0 Å². The molecule has 1 N–H and O–H groups in total. The minimum Gasteiger partial charge on any atom is -0.482 e. The van der Waals surface area contributed by atoms with E-state index in [0.717, 1.165) is 14.5 Å². The van der Waals surface area contributed by atoms with E-state index >= 15 is 0 Å². The van der Waals surface area contributed by atoms with Crippen LogP contribution in [0.15, 0.2) is 45.3 Å². The van der Waals surface area contributed by atoms with E-state index in [1.165, 1.54) is 0 Å². The highest BCUT2D eigenvalue weighted by molar-refractivity contribution is 9.11. The maximum absolute atomic E-state index is 12.0. The molecule has 0 saturated heterocycles. The van der Waals surface area contributed by atoms with Crippen LogP contribution in [0.4, 0.5) is 5.69 Å². The quantitative estimate of drug-likeness (QED) is 0.792. The van der Waals surface area contributed by atoms with E-state index in [-0.39, 0.29) is 12.5 Å². The van der Waals surface area contributed by atoms with Gasteiger partial charge in [0.1, 0.15) is 11.8 Å². The Labute approximate surface area is 145 Å². The second-order valence-corrected chi connectivity index (χ2v) is 6.30. The number of aryl methyl sites for hydroxylation is 1. The van der Waals surface area contributed by atoms with Gasteiger partial charge in [-0.25, -0.2) is 0 Å². The van der Waals surface area contributed by atoms with E-state index in [4.69, 9.17) is 10.00 Å². The van der Waals surface area contributed by atoms with Gasteiger partial charge in [0, 0.05) is 4.47 Å². The maximum atomic E-state index is 12.0. The minimum atomic E-state index is -0.322. The largest absolute Gasteiger partial charge is 0.482 e. The van der Waals surface area contributed by atoms with Crippen LogP contribution >= 0.6 is 31.9 Å². The van der Waals surface area contributed by atoms with Crippen molar-refractivity contribution in [3.05, 3.63) is 56.5 Å². The molecule has 0 aromatic heterocycles. The SMILES string of the molecule is Cc1cc(Br)cc(Br)c1OCC(=O)Nc1ccccc1C#N. The van der Waals surface area contributed by atoms with Crippen molar-refractivity contribution < 1.29 is 9.53 Å². The van der Waals surface area contributed by atoms with E-state index in [0.29, 0.717) is 17.0 Å². The molecule has 2 rings (SSSR count). The van der Waals surface area contributed by atoms with E-state index in [1.54, 1.807) is 24.3 Å². The summed E-state index contributed by atoms with van der Waals surface area (Å²) in [4.78, 5) is 12.0. The molecule has 0 aliphatic heterocycles. The molecule has 0 bridgehead atoms. The highest BCUT2D eigenvalue weighted by Crippen LogP contribution is 2.32. The molecule has 0 atom stereocenters. The summed E-state index contributed by atoms with van der Waals surface area (Å²) in [6, 6.07) is 12.6. The zero-order chi connectivity index (χ0) is 16.1. The van der Waals surface area contributed by atoms with Gasteiger partial charge in [0.15, 0.2) is 6.61 Å². The van der Waals surface area contributed by atoms with Crippen molar-refractivity contribution in [2.45, 2.75) is 6.92 Å². The summed E-state index contributed by atoms with van der Waals surface area (Å²) in [5, 5.41) is 11.7. The van der Waals surface area contributed by atoms with Crippen LogP contribution in [0.25, 0.3) is 0 Å². The zero-order valence-electron chi connectivity index (χ0n) is 11.7. The van der Waals surface area contributed by atoms with Crippen LogP contribution in [-0.4, -0.2) is 12.5 Å². The van der Waals surface area contributed by atoms with Crippen LogP contribution in [-0.2, 0) is 4.79 Å². The number of nitrogens with zero attached hydrogens (tertiary/aromatic N) is 1. The number of benzene rings is 2. The van der Waals surface area contributed by atoms with E-state index in [1.807, 2.05) is 25.1 Å². The van der Waals surface area contributed by atoms with Gasteiger partial charge in [-0.3, -0.25) is 4.79 Å². The molecule has 0 fully saturated rings. The minimum absolute atomic E-state index is 0.138. The molecule has 0 heterocycles. The first-order chi connectivity index (χ1) is 10.5. The second kappa shape index (κ2) is 7.43. The van der Waals surface area contributed by atoms with Crippen molar-refractivity contribution in [2.24, 2.45) is 0 Å². The Morgan fingerprint density at radius 1 is 1.32 bits per heavy atom. The fourth-order valence-corrected chi connectivity index (χ4v) is 3.44. The standard InChI is InChI=1S/C16H12Br2N2O2/c1-10-6-12(17)7-13(18)16(10)22-9-15(21)20-14-5-3-2-4-11(14)8-19/h2-7H,9H2,1H3,(H,20,21). The molecular formula is C16H12Br2N2O2. The van der Waals surface area contributed by atoms with Crippen LogP contribution in [0.1, 0.15) is 11.1 Å². The number of para-hydroxylation sites is 1. The third kappa shape index (κ3) is 4.09. The molecule has 0 aliphatic rings. The zero-order valence-corrected chi connectivity index (χ0v) is 14.9. The summed E-state index contributed by atoms with van der Waals surface area (Å²) in [6.45, 7) is 1.76. The predicted octanol–water partition coefficient (Wildman–Crippen LogP) is 4.41. The van der Waals surface area contributed by atoms with Crippen LogP contribution in [0.5, 0.6) is 5.75 Å². The van der Waals surface area contributed by atoms with Gasteiger partial charge in [-0.1, -0.05) is 28.1 Å². The molecule has 6 heteroatoms. The van der Waals surface area contributed by atoms with Crippen molar-refractivity contribution in [1.82, 2.24) is 0 Å². The number of amides is 1. The molecule has 0 saturated carbocycles. The molecule has 0 spiro atoms. The number of anilines is 1. The van der Waals surface area contributed by atoms with Gasteiger partial charge in [-0.15, -0.1) is 0 Å². The number of ether oxygens (including phenoxy) is 1. The number of rotatable bonds is 4. The van der Waals surface area contributed by atoms with Gasteiger partial charge in [0.25, 0.3) is 5.91 Å². The molecule has 112 valence electrons. The normalized spacial score (nSPS) is 9.91. The Hall–Kier alpha value is -1.84. The van der Waals surface area contributed by atoms with Crippen LogP contribution in [0.2, 0.25) is 0 Å². The van der Waals surface area contributed by atoms with Gasteiger partial charge in [-0.2, -0.15) is 5.26 Å². The first kappa shape index (κ1) is 16.5. The van der Waals surface area contributed by atoms with Crippen molar-refractivity contribution in [3.8, 4) is 11.8 Å². The molecule has 1 amide bonds. The summed E-state index contributed by atoms with van der Waals surface area (Å²) in [6.07, 6.45) is 0. The van der Waals surface area contributed by atoms with Crippen LogP contribution < -0.4 is 10.1 Å². The summed E-state index contributed by atoms with van der Waals surface area (Å²) in [7, 11) is 0. The number of nitrogens with one attached hydrogen (secondary N) is 1. The molecule has 2 aromatic rings. The number of nitriles is 1. The molecule has 4 nitrogen and oxygen atoms in total. The first-order valence-corrected chi connectivity index (χ1v) is 7.97. The summed E-state index contributed by atoms with van der Waals surface area (Å²) in [5.41, 5.74) is 1.80. The second-order valence-electron chi connectivity index (χ2n) is 4.53. The monoisotopic (exact) mass is 422 g/mol. The molecule has 22 heavy (non-hydrogen) atoms. The van der Waals surface area contributed by atoms with E-state index < -0.39 is 0 Å². The van der Waals surface area contributed by atoms with Gasteiger partial charge in [-0.05, 0) is 52.7 Å². The number of hydrogen-bond donors (Lipinski definition) is 1. The number of hydrogen-bond acceptors (Lipinski definition) is 3. The number of carbonyl (C=O) groups is 1. The fraction of sp³-hybridized carbons (Fsp3) is 0.125. The Morgan fingerprint density at radius 2 is 2.05 bits per heavy atom. The number of carbonyl (C=O) groups excluding carboxylic acids is 1. The topological polar surface area (TPSA) is 62.1 Å². The molecular weight excluding hydrogens is 412 g/mol. The van der Waals surface area contributed by atoms with Gasteiger partial charge >= 0.3 is 0 Å². The lowest BCUT2D eigenvalue weighted by Crippen LogP contribution is -2.21. The first-order valence-electron chi connectivity index (χ1n) is 6.38. The highest BCUT2D eigenvalue weighted by Gasteiger charge is 2.11. The Morgan fingerprint density at radius 3 is 2.73 bits per heavy atom. The fourth-order valence-electron chi connectivity index (χ4n) is 1.89. The van der Waals surface area contributed by atoms with Crippen molar-refractivity contribution in [1.29, 1.82) is 5.26 Å².